The number of anilines is 1. The second-order valence-electron chi connectivity index (χ2n) is 5.26. The van der Waals surface area contributed by atoms with Gasteiger partial charge in [-0.25, -0.2) is 8.42 Å². The number of aromatic nitrogens is 2. The van der Waals surface area contributed by atoms with E-state index in [4.69, 9.17) is 0 Å². The SMILES string of the molecule is CS(=O)(=O)N(Cc1ccc(C(=O)NNC(=O)C(F)F)cn1)c1cccnc1. The number of hydrazine groups is 1. The lowest BCUT2D eigenvalue weighted by Gasteiger charge is -2.21. The quantitative estimate of drug-likeness (QED) is 0.681. The first-order chi connectivity index (χ1) is 12.7. The van der Waals surface area contributed by atoms with Crippen molar-refractivity contribution in [1.82, 2.24) is 20.8 Å². The van der Waals surface area contributed by atoms with Gasteiger partial charge in [-0.1, -0.05) is 0 Å². The summed E-state index contributed by atoms with van der Waals surface area (Å²) in [5, 5.41) is 0. The molecule has 0 bridgehead atoms. The van der Waals surface area contributed by atoms with Gasteiger partial charge in [0, 0.05) is 12.4 Å². The lowest BCUT2D eigenvalue weighted by Crippen LogP contribution is -2.44. The van der Waals surface area contributed by atoms with Crippen LogP contribution in [0.2, 0.25) is 0 Å². The van der Waals surface area contributed by atoms with Gasteiger partial charge in [-0.3, -0.25) is 34.7 Å². The maximum absolute atomic E-state index is 12.1. The molecule has 0 aliphatic heterocycles. The number of hydrogen-bond donors (Lipinski definition) is 2. The number of pyridine rings is 2. The molecule has 2 aromatic rings. The molecule has 2 amide bonds. The first kappa shape index (κ1) is 20.2. The molecule has 0 radical (unpaired) electrons. The van der Waals surface area contributed by atoms with Crippen LogP contribution in [0.25, 0.3) is 0 Å². The van der Waals surface area contributed by atoms with Crippen LogP contribution in [0.5, 0.6) is 0 Å². The zero-order chi connectivity index (χ0) is 20.0. The smallest absolute Gasteiger partial charge is 0.267 e. The molecule has 144 valence electrons. The number of halogens is 2. The fourth-order valence-corrected chi connectivity index (χ4v) is 2.80. The van der Waals surface area contributed by atoms with E-state index in [2.05, 4.69) is 9.97 Å². The molecule has 27 heavy (non-hydrogen) atoms. The first-order valence-corrected chi connectivity index (χ1v) is 9.24. The highest BCUT2D eigenvalue weighted by atomic mass is 32.2. The molecule has 2 heterocycles. The number of rotatable bonds is 6. The predicted molar refractivity (Wildman–Crippen MR) is 91.1 cm³/mol. The first-order valence-electron chi connectivity index (χ1n) is 7.39. The molecule has 0 atom stereocenters. The summed E-state index contributed by atoms with van der Waals surface area (Å²) in [7, 11) is -3.61. The van der Waals surface area contributed by atoms with Crippen LogP contribution in [0.4, 0.5) is 14.5 Å². The van der Waals surface area contributed by atoms with E-state index in [1.165, 1.54) is 24.5 Å². The van der Waals surface area contributed by atoms with Crippen molar-refractivity contribution in [3.63, 3.8) is 0 Å². The molecule has 0 spiro atoms. The molecule has 2 aromatic heterocycles. The summed E-state index contributed by atoms with van der Waals surface area (Å²) in [5.74, 6) is -2.50. The third-order valence-corrected chi connectivity index (χ3v) is 4.36. The Morgan fingerprint density at radius 3 is 2.44 bits per heavy atom. The fourth-order valence-electron chi connectivity index (χ4n) is 1.95. The van der Waals surface area contributed by atoms with Crippen molar-refractivity contribution >= 4 is 27.5 Å². The van der Waals surface area contributed by atoms with Crippen LogP contribution in [-0.2, 0) is 21.4 Å². The fraction of sp³-hybridized carbons (Fsp3) is 0.200. The lowest BCUT2D eigenvalue weighted by molar-refractivity contribution is -0.132. The van der Waals surface area contributed by atoms with Crippen LogP contribution < -0.4 is 15.2 Å². The van der Waals surface area contributed by atoms with Crippen LogP contribution in [0.1, 0.15) is 16.1 Å². The van der Waals surface area contributed by atoms with Crippen LogP contribution in [0.3, 0.4) is 0 Å². The summed E-state index contributed by atoms with van der Waals surface area (Å²) in [4.78, 5) is 30.4. The second kappa shape index (κ2) is 8.49. The van der Waals surface area contributed by atoms with Gasteiger partial charge in [-0.15, -0.1) is 0 Å². The molecule has 0 aliphatic carbocycles. The Hall–Kier alpha value is -3.15. The number of nitrogens with one attached hydrogen (secondary N) is 2. The minimum Gasteiger partial charge on any atom is -0.267 e. The van der Waals surface area contributed by atoms with Gasteiger partial charge >= 0.3 is 12.3 Å². The molecular weight excluding hydrogens is 384 g/mol. The number of carbonyl (C=O) groups is 2. The van der Waals surface area contributed by atoms with Crippen LogP contribution >= 0.6 is 0 Å². The van der Waals surface area contributed by atoms with Gasteiger partial charge in [-0.05, 0) is 24.3 Å². The van der Waals surface area contributed by atoms with Gasteiger partial charge in [0.2, 0.25) is 10.0 Å². The van der Waals surface area contributed by atoms with Crippen molar-refractivity contribution in [2.45, 2.75) is 13.0 Å². The van der Waals surface area contributed by atoms with Crippen molar-refractivity contribution in [3.05, 3.63) is 54.1 Å². The largest absolute Gasteiger partial charge is 0.317 e. The molecular formula is C15H15F2N5O4S. The number of sulfonamides is 1. The molecule has 0 aliphatic rings. The van der Waals surface area contributed by atoms with Gasteiger partial charge in [0.15, 0.2) is 0 Å². The Morgan fingerprint density at radius 1 is 1.19 bits per heavy atom. The summed E-state index contributed by atoms with van der Waals surface area (Å²) >= 11 is 0. The van der Waals surface area contributed by atoms with E-state index in [1.807, 2.05) is 5.43 Å². The zero-order valence-corrected chi connectivity index (χ0v) is 14.8. The summed E-state index contributed by atoms with van der Waals surface area (Å²) in [6, 6.07) is 5.87. The molecule has 2 N–H and O–H groups in total. The lowest BCUT2D eigenvalue weighted by atomic mass is 10.2. The zero-order valence-electron chi connectivity index (χ0n) is 14.0. The van der Waals surface area contributed by atoms with E-state index in [0.717, 1.165) is 16.8 Å². The minimum absolute atomic E-state index is 0.0133. The molecule has 0 fully saturated rings. The Morgan fingerprint density at radius 2 is 1.93 bits per heavy atom. The molecule has 0 saturated heterocycles. The maximum atomic E-state index is 12.1. The number of amides is 2. The normalized spacial score (nSPS) is 11.1. The van der Waals surface area contributed by atoms with Crippen LogP contribution in [0.15, 0.2) is 42.9 Å². The molecule has 0 unspecified atom stereocenters. The molecule has 0 saturated carbocycles. The highest BCUT2D eigenvalue weighted by molar-refractivity contribution is 7.92. The van der Waals surface area contributed by atoms with Crippen molar-refractivity contribution in [2.75, 3.05) is 10.6 Å². The average molecular weight is 399 g/mol. The second-order valence-corrected chi connectivity index (χ2v) is 7.17. The highest BCUT2D eigenvalue weighted by Crippen LogP contribution is 2.18. The minimum atomic E-state index is -3.61. The maximum Gasteiger partial charge on any atom is 0.317 e. The monoisotopic (exact) mass is 399 g/mol. The third-order valence-electron chi connectivity index (χ3n) is 3.22. The van der Waals surface area contributed by atoms with E-state index >= 15 is 0 Å². The summed E-state index contributed by atoms with van der Waals surface area (Å²) in [6.45, 7) is -0.103. The van der Waals surface area contributed by atoms with Crippen molar-refractivity contribution < 1.29 is 26.8 Å². The van der Waals surface area contributed by atoms with E-state index in [0.29, 0.717) is 11.4 Å². The van der Waals surface area contributed by atoms with Crippen molar-refractivity contribution in [3.8, 4) is 0 Å². The van der Waals surface area contributed by atoms with E-state index in [1.54, 1.807) is 17.6 Å². The van der Waals surface area contributed by atoms with Crippen LogP contribution in [0, 0.1) is 0 Å². The average Bonchev–Trinajstić information content (AvgIpc) is 2.64. The Bertz CT molecular complexity index is 908. The molecule has 2 rings (SSSR count). The van der Waals surface area contributed by atoms with Gasteiger partial charge in [0.1, 0.15) is 0 Å². The standard InChI is InChI=1S/C15H15F2N5O4S/c1-27(25,26)22(12-3-2-6-18-8-12)9-11-5-4-10(7-19-11)14(23)20-21-15(24)13(16)17/h2-8,13H,9H2,1H3,(H,20,23)(H,21,24). The molecule has 12 heteroatoms. The van der Waals surface area contributed by atoms with Gasteiger partial charge in [0.05, 0.1) is 35.9 Å². The van der Waals surface area contributed by atoms with Crippen molar-refractivity contribution in [1.29, 1.82) is 0 Å². The Labute approximate surface area is 153 Å². The van der Waals surface area contributed by atoms with E-state index in [9.17, 15) is 26.8 Å². The van der Waals surface area contributed by atoms with Crippen molar-refractivity contribution in [2.24, 2.45) is 0 Å². The number of carbonyl (C=O) groups excluding carboxylic acids is 2. The Balaban J connectivity index is 2.10. The predicted octanol–water partition coefficient (Wildman–Crippen LogP) is 0.469. The van der Waals surface area contributed by atoms with Gasteiger partial charge in [0.25, 0.3) is 5.91 Å². The number of hydrogen-bond acceptors (Lipinski definition) is 6. The van der Waals surface area contributed by atoms with Gasteiger partial charge in [-0.2, -0.15) is 8.78 Å². The van der Waals surface area contributed by atoms with E-state index < -0.39 is 28.3 Å². The summed E-state index contributed by atoms with van der Waals surface area (Å²) in [5.41, 5.74) is 4.04. The Kier molecular flexibility index (Phi) is 6.34. The third kappa shape index (κ3) is 5.67. The van der Waals surface area contributed by atoms with E-state index in [-0.39, 0.29) is 12.1 Å². The highest BCUT2D eigenvalue weighted by Gasteiger charge is 2.19. The summed E-state index contributed by atoms with van der Waals surface area (Å²) in [6.07, 6.45) is 1.79. The molecule has 9 nitrogen and oxygen atoms in total. The topological polar surface area (TPSA) is 121 Å². The van der Waals surface area contributed by atoms with Gasteiger partial charge < -0.3 is 0 Å². The number of nitrogens with zero attached hydrogens (tertiary/aromatic N) is 3. The van der Waals surface area contributed by atoms with Crippen LogP contribution in [-0.4, -0.2) is 42.9 Å². The molecule has 0 aromatic carbocycles. The summed E-state index contributed by atoms with van der Waals surface area (Å²) < 4.78 is 49.2. The number of alkyl halides is 2.